The Morgan fingerprint density at radius 2 is 2.04 bits per heavy atom. The molecule has 0 spiro atoms. The summed E-state index contributed by atoms with van der Waals surface area (Å²) < 4.78 is 1.74. The highest BCUT2D eigenvalue weighted by atomic mass is 32.2. The van der Waals surface area contributed by atoms with E-state index in [2.05, 4.69) is 11.2 Å². The third kappa shape index (κ3) is 4.03. The standard InChI is InChI=1S/C21H20N4OS2/c1-25-12-15(11-23-25)20-9-18(14-5-7-16(26)8-6-14)19(10-22)21(24-20)28-13-27-17-3-2-4-17/h5-9,11-12,17,26H,2-4,13H2,1H3. The van der Waals surface area contributed by atoms with Gasteiger partial charge in [0.25, 0.3) is 0 Å². The van der Waals surface area contributed by atoms with Crippen LogP contribution in [0.4, 0.5) is 0 Å². The van der Waals surface area contributed by atoms with E-state index in [1.54, 1.807) is 34.8 Å². The van der Waals surface area contributed by atoms with Crippen LogP contribution in [0.1, 0.15) is 24.8 Å². The first-order valence-corrected chi connectivity index (χ1v) is 11.2. The van der Waals surface area contributed by atoms with Crippen molar-refractivity contribution < 1.29 is 5.11 Å². The maximum atomic E-state index is 9.87. The van der Waals surface area contributed by atoms with Gasteiger partial charge in [0, 0.05) is 34.7 Å². The number of aryl methyl sites for hydroxylation is 1. The quantitative estimate of drug-likeness (QED) is 0.454. The molecule has 1 aromatic carbocycles. The van der Waals surface area contributed by atoms with E-state index in [1.807, 2.05) is 43.2 Å². The number of hydrogen-bond donors (Lipinski definition) is 1. The molecule has 0 amide bonds. The Kier molecular flexibility index (Phi) is 5.60. The average Bonchev–Trinajstić information content (AvgIpc) is 3.10. The second kappa shape index (κ2) is 8.29. The van der Waals surface area contributed by atoms with E-state index in [9.17, 15) is 10.4 Å². The van der Waals surface area contributed by atoms with E-state index >= 15 is 0 Å². The Balaban J connectivity index is 1.74. The SMILES string of the molecule is Cn1cc(-c2cc(-c3ccc(O)cc3)c(C#N)c(SCSC3CCC3)n2)cn1. The number of phenolic OH excluding ortho intramolecular Hbond substituents is 1. The van der Waals surface area contributed by atoms with Gasteiger partial charge < -0.3 is 5.11 Å². The van der Waals surface area contributed by atoms with Crippen LogP contribution in [0.2, 0.25) is 0 Å². The fraction of sp³-hybridized carbons (Fsp3) is 0.286. The lowest BCUT2D eigenvalue weighted by atomic mass is 10.00. The van der Waals surface area contributed by atoms with Crippen LogP contribution in [0.15, 0.2) is 47.8 Å². The van der Waals surface area contributed by atoms with Crippen molar-refractivity contribution in [1.82, 2.24) is 14.8 Å². The summed E-state index contributed by atoms with van der Waals surface area (Å²) in [5, 5.41) is 26.1. The number of nitrogens with zero attached hydrogens (tertiary/aromatic N) is 4. The van der Waals surface area contributed by atoms with Gasteiger partial charge in [0.1, 0.15) is 16.8 Å². The van der Waals surface area contributed by atoms with Gasteiger partial charge in [-0.2, -0.15) is 10.4 Å². The predicted octanol–water partition coefficient (Wildman–Crippen LogP) is 5.06. The molecule has 0 bridgehead atoms. The van der Waals surface area contributed by atoms with Crippen LogP contribution >= 0.6 is 23.5 Å². The van der Waals surface area contributed by atoms with Crippen LogP contribution in [0.5, 0.6) is 5.75 Å². The number of aromatic hydroxyl groups is 1. The molecule has 7 heteroatoms. The highest BCUT2D eigenvalue weighted by Crippen LogP contribution is 2.38. The number of pyridine rings is 1. The molecule has 1 saturated carbocycles. The largest absolute Gasteiger partial charge is 0.508 e. The lowest BCUT2D eigenvalue weighted by Gasteiger charge is -2.24. The second-order valence-electron chi connectivity index (χ2n) is 6.78. The Labute approximate surface area is 172 Å². The topological polar surface area (TPSA) is 74.7 Å². The Morgan fingerprint density at radius 3 is 2.64 bits per heavy atom. The minimum atomic E-state index is 0.204. The third-order valence-corrected chi connectivity index (χ3v) is 7.36. The first kappa shape index (κ1) is 18.9. The summed E-state index contributed by atoms with van der Waals surface area (Å²) in [7, 11) is 1.87. The minimum Gasteiger partial charge on any atom is -0.508 e. The summed E-state index contributed by atoms with van der Waals surface area (Å²) in [6, 6.07) is 11.2. The number of benzene rings is 1. The van der Waals surface area contributed by atoms with Gasteiger partial charge >= 0.3 is 0 Å². The van der Waals surface area contributed by atoms with Crippen LogP contribution in [-0.2, 0) is 7.05 Å². The number of phenols is 1. The zero-order chi connectivity index (χ0) is 19.5. The van der Waals surface area contributed by atoms with Crippen LogP contribution in [0.25, 0.3) is 22.4 Å². The summed E-state index contributed by atoms with van der Waals surface area (Å²) in [6.07, 6.45) is 7.61. The first-order chi connectivity index (χ1) is 13.6. The van der Waals surface area contributed by atoms with Crippen LogP contribution < -0.4 is 0 Å². The van der Waals surface area contributed by atoms with Gasteiger partial charge in [-0.25, -0.2) is 4.98 Å². The van der Waals surface area contributed by atoms with Crippen molar-refractivity contribution in [3.05, 3.63) is 48.3 Å². The number of thioether (sulfide) groups is 2. The maximum Gasteiger partial charge on any atom is 0.116 e. The molecule has 2 aromatic heterocycles. The average molecular weight is 409 g/mol. The predicted molar refractivity (Wildman–Crippen MR) is 114 cm³/mol. The van der Waals surface area contributed by atoms with Crippen molar-refractivity contribution in [2.75, 3.05) is 5.08 Å². The molecule has 28 heavy (non-hydrogen) atoms. The lowest BCUT2D eigenvalue weighted by molar-refractivity contribution is 0.475. The molecule has 5 nitrogen and oxygen atoms in total. The molecule has 0 radical (unpaired) electrons. The number of rotatable bonds is 6. The Bertz CT molecular complexity index is 1020. The molecule has 0 atom stereocenters. The van der Waals surface area contributed by atoms with Gasteiger partial charge in [-0.05, 0) is 36.6 Å². The van der Waals surface area contributed by atoms with Crippen molar-refractivity contribution in [3.63, 3.8) is 0 Å². The summed E-state index contributed by atoms with van der Waals surface area (Å²) in [4.78, 5) is 4.80. The summed E-state index contributed by atoms with van der Waals surface area (Å²) in [5.41, 5.74) is 4.01. The summed E-state index contributed by atoms with van der Waals surface area (Å²) in [6.45, 7) is 0. The molecule has 0 aliphatic heterocycles. The van der Waals surface area contributed by atoms with Gasteiger partial charge in [0.05, 0.1) is 17.5 Å². The van der Waals surface area contributed by atoms with Gasteiger partial charge in [-0.1, -0.05) is 30.3 Å². The molecule has 1 N–H and O–H groups in total. The minimum absolute atomic E-state index is 0.204. The second-order valence-corrected chi connectivity index (χ2v) is 9.40. The number of aromatic nitrogens is 3. The van der Waals surface area contributed by atoms with E-state index in [0.717, 1.165) is 37.7 Å². The highest BCUT2D eigenvalue weighted by Gasteiger charge is 2.20. The summed E-state index contributed by atoms with van der Waals surface area (Å²) in [5.74, 6) is 0.204. The summed E-state index contributed by atoms with van der Waals surface area (Å²) >= 11 is 3.58. The monoisotopic (exact) mass is 408 g/mol. The van der Waals surface area contributed by atoms with Crippen molar-refractivity contribution in [3.8, 4) is 34.2 Å². The van der Waals surface area contributed by atoms with Gasteiger partial charge in [-0.3, -0.25) is 4.68 Å². The smallest absolute Gasteiger partial charge is 0.116 e. The van der Waals surface area contributed by atoms with Gasteiger partial charge in [0.2, 0.25) is 0 Å². The molecular formula is C21H20N4OS2. The van der Waals surface area contributed by atoms with Crippen molar-refractivity contribution in [2.45, 2.75) is 29.5 Å². The molecular weight excluding hydrogens is 388 g/mol. The first-order valence-electron chi connectivity index (χ1n) is 9.12. The zero-order valence-corrected chi connectivity index (χ0v) is 17.1. The van der Waals surface area contributed by atoms with Gasteiger partial charge in [0.15, 0.2) is 0 Å². The molecule has 1 aliphatic rings. The highest BCUT2D eigenvalue weighted by molar-refractivity contribution is 8.16. The van der Waals surface area contributed by atoms with Crippen molar-refractivity contribution in [1.29, 1.82) is 5.26 Å². The maximum absolute atomic E-state index is 9.87. The van der Waals surface area contributed by atoms with E-state index in [0.29, 0.717) is 5.56 Å². The zero-order valence-electron chi connectivity index (χ0n) is 15.5. The Morgan fingerprint density at radius 1 is 1.25 bits per heavy atom. The van der Waals surface area contributed by atoms with Crippen LogP contribution in [0, 0.1) is 11.3 Å². The number of hydrogen-bond acceptors (Lipinski definition) is 6. The van der Waals surface area contributed by atoms with Crippen LogP contribution in [-0.4, -0.2) is 30.2 Å². The van der Waals surface area contributed by atoms with Gasteiger partial charge in [-0.15, -0.1) is 11.8 Å². The molecule has 0 unspecified atom stereocenters. The molecule has 2 heterocycles. The Hall–Kier alpha value is -2.43. The molecule has 0 saturated heterocycles. The normalized spacial score (nSPS) is 13.9. The molecule has 1 fully saturated rings. The molecule has 1 aliphatic carbocycles. The third-order valence-electron chi connectivity index (χ3n) is 4.83. The lowest BCUT2D eigenvalue weighted by Crippen LogP contribution is -2.13. The fourth-order valence-corrected chi connectivity index (χ4v) is 5.65. The van der Waals surface area contributed by atoms with E-state index in [1.165, 1.54) is 19.3 Å². The van der Waals surface area contributed by atoms with Crippen LogP contribution in [0.3, 0.4) is 0 Å². The molecule has 3 aromatic rings. The number of nitriles is 1. The van der Waals surface area contributed by atoms with E-state index in [4.69, 9.17) is 4.98 Å². The molecule has 142 valence electrons. The van der Waals surface area contributed by atoms with E-state index in [-0.39, 0.29) is 5.75 Å². The van der Waals surface area contributed by atoms with E-state index < -0.39 is 0 Å². The van der Waals surface area contributed by atoms with Crippen molar-refractivity contribution >= 4 is 23.5 Å². The fourth-order valence-electron chi connectivity index (χ4n) is 3.03. The van der Waals surface area contributed by atoms with Crippen molar-refractivity contribution in [2.24, 2.45) is 7.05 Å². The molecule has 4 rings (SSSR count).